The molecule has 2 atom stereocenters. The van der Waals surface area contributed by atoms with Gasteiger partial charge in [-0.2, -0.15) is 0 Å². The molecule has 154 valence electrons. The van der Waals surface area contributed by atoms with Crippen LogP contribution in [0.3, 0.4) is 0 Å². The van der Waals surface area contributed by atoms with Crippen molar-refractivity contribution in [1.82, 2.24) is 14.5 Å². The number of rotatable bonds is 3. The quantitative estimate of drug-likeness (QED) is 0.495. The number of benzene rings is 2. The molecule has 2 bridgehead atoms. The number of hydrogen-bond acceptors (Lipinski definition) is 3. The molecule has 4 heterocycles. The highest BCUT2D eigenvalue weighted by molar-refractivity contribution is 5.78. The van der Waals surface area contributed by atoms with Gasteiger partial charge in [-0.3, -0.25) is 14.7 Å². The highest BCUT2D eigenvalue weighted by atomic mass is 16.1. The molecule has 0 saturated carbocycles. The van der Waals surface area contributed by atoms with Crippen molar-refractivity contribution in [2.75, 3.05) is 13.1 Å². The number of fused-ring (bicyclic) bond motifs is 5. The average Bonchev–Trinajstić information content (AvgIpc) is 2.80. The second-order valence-corrected chi connectivity index (χ2v) is 8.98. The summed E-state index contributed by atoms with van der Waals surface area (Å²) in [5.41, 5.74) is 6.06. The van der Waals surface area contributed by atoms with E-state index in [4.69, 9.17) is 0 Å². The normalized spacial score (nSPS) is 20.5. The standard InChI is InChI=1S/C27H25N3O/c31-26-11-10-24(21-6-2-1-3-7-21)27-23-13-20(17-30(26)27)16-29(18-23)15-19-12-22-8-4-5-9-25(22)28-14-19/h1-12,14,20,23H,13,15-18H2. The van der Waals surface area contributed by atoms with Crippen LogP contribution in [-0.4, -0.2) is 27.5 Å². The zero-order valence-corrected chi connectivity index (χ0v) is 17.4. The van der Waals surface area contributed by atoms with Crippen LogP contribution in [0.4, 0.5) is 0 Å². The fourth-order valence-electron chi connectivity index (χ4n) is 5.57. The van der Waals surface area contributed by atoms with Crippen LogP contribution in [-0.2, 0) is 13.1 Å². The molecule has 2 aromatic carbocycles. The second-order valence-electron chi connectivity index (χ2n) is 8.98. The summed E-state index contributed by atoms with van der Waals surface area (Å²) in [7, 11) is 0. The van der Waals surface area contributed by atoms with Gasteiger partial charge in [-0.25, -0.2) is 0 Å². The van der Waals surface area contributed by atoms with E-state index in [0.29, 0.717) is 11.8 Å². The minimum Gasteiger partial charge on any atom is -0.311 e. The minimum absolute atomic E-state index is 0.136. The molecule has 2 aromatic heterocycles. The van der Waals surface area contributed by atoms with Crippen molar-refractivity contribution in [3.05, 3.63) is 101 Å². The highest BCUT2D eigenvalue weighted by Crippen LogP contribution is 2.40. The highest BCUT2D eigenvalue weighted by Gasteiger charge is 2.36. The van der Waals surface area contributed by atoms with Crippen LogP contribution in [0, 0.1) is 5.92 Å². The lowest BCUT2D eigenvalue weighted by Gasteiger charge is -2.43. The number of piperidine rings is 1. The number of aromatic nitrogens is 2. The molecule has 0 aliphatic carbocycles. The summed E-state index contributed by atoms with van der Waals surface area (Å²) >= 11 is 0. The van der Waals surface area contributed by atoms with E-state index >= 15 is 0 Å². The first-order valence-corrected chi connectivity index (χ1v) is 11.1. The molecule has 0 N–H and O–H groups in total. The molecule has 0 radical (unpaired) electrons. The summed E-state index contributed by atoms with van der Waals surface area (Å²) in [6, 6.07) is 24.8. The summed E-state index contributed by atoms with van der Waals surface area (Å²) in [4.78, 5) is 19.9. The molecule has 2 aliphatic rings. The van der Waals surface area contributed by atoms with Gasteiger partial charge in [-0.15, -0.1) is 0 Å². The van der Waals surface area contributed by atoms with E-state index in [1.807, 2.05) is 24.4 Å². The maximum absolute atomic E-state index is 12.7. The van der Waals surface area contributed by atoms with E-state index in [0.717, 1.165) is 38.1 Å². The summed E-state index contributed by atoms with van der Waals surface area (Å²) in [6.45, 7) is 3.73. The van der Waals surface area contributed by atoms with Crippen molar-refractivity contribution in [3.8, 4) is 11.1 Å². The maximum atomic E-state index is 12.7. The van der Waals surface area contributed by atoms with Crippen molar-refractivity contribution in [2.45, 2.75) is 25.4 Å². The largest absolute Gasteiger partial charge is 0.311 e. The molecule has 4 heteroatoms. The third-order valence-electron chi connectivity index (χ3n) is 6.80. The molecule has 2 aliphatic heterocycles. The van der Waals surface area contributed by atoms with E-state index < -0.39 is 0 Å². The van der Waals surface area contributed by atoms with Crippen LogP contribution in [0.15, 0.2) is 83.8 Å². The Hall–Kier alpha value is -3.24. The Morgan fingerprint density at radius 1 is 0.903 bits per heavy atom. The van der Waals surface area contributed by atoms with Gasteiger partial charge in [0, 0.05) is 61.0 Å². The lowest BCUT2D eigenvalue weighted by atomic mass is 9.80. The van der Waals surface area contributed by atoms with Gasteiger partial charge in [0.05, 0.1) is 5.52 Å². The molecule has 6 rings (SSSR count). The number of hydrogen-bond donors (Lipinski definition) is 0. The Labute approximate surface area is 181 Å². The Bertz CT molecular complexity index is 1310. The van der Waals surface area contributed by atoms with E-state index in [1.54, 1.807) is 6.07 Å². The predicted molar refractivity (Wildman–Crippen MR) is 124 cm³/mol. The molecule has 4 aromatic rings. The fourth-order valence-corrected chi connectivity index (χ4v) is 5.57. The van der Waals surface area contributed by atoms with Crippen LogP contribution in [0.5, 0.6) is 0 Å². The van der Waals surface area contributed by atoms with Crippen molar-refractivity contribution in [3.63, 3.8) is 0 Å². The first-order chi connectivity index (χ1) is 15.2. The number of likely N-dealkylation sites (tertiary alicyclic amines) is 1. The Balaban J connectivity index is 1.33. The lowest BCUT2D eigenvalue weighted by molar-refractivity contribution is 0.114. The summed E-state index contributed by atoms with van der Waals surface area (Å²) in [6.07, 6.45) is 3.18. The predicted octanol–water partition coefficient (Wildman–Crippen LogP) is 4.68. The lowest BCUT2D eigenvalue weighted by Crippen LogP contribution is -2.47. The van der Waals surface area contributed by atoms with Crippen LogP contribution in [0.2, 0.25) is 0 Å². The molecule has 0 amide bonds. The number of nitrogens with zero attached hydrogens (tertiary/aromatic N) is 3. The zero-order chi connectivity index (χ0) is 20.8. The topological polar surface area (TPSA) is 38.1 Å². The number of pyridine rings is 2. The van der Waals surface area contributed by atoms with Crippen LogP contribution < -0.4 is 5.56 Å². The van der Waals surface area contributed by atoms with Crippen molar-refractivity contribution >= 4 is 10.9 Å². The third-order valence-corrected chi connectivity index (χ3v) is 6.80. The van der Waals surface area contributed by atoms with Gasteiger partial charge in [0.25, 0.3) is 5.56 Å². The third kappa shape index (κ3) is 3.37. The monoisotopic (exact) mass is 407 g/mol. The van der Waals surface area contributed by atoms with Crippen molar-refractivity contribution in [2.24, 2.45) is 5.92 Å². The maximum Gasteiger partial charge on any atom is 0.250 e. The van der Waals surface area contributed by atoms with E-state index in [-0.39, 0.29) is 5.56 Å². The molecule has 4 nitrogen and oxygen atoms in total. The average molecular weight is 408 g/mol. The van der Waals surface area contributed by atoms with Gasteiger partial charge in [-0.1, -0.05) is 48.5 Å². The van der Waals surface area contributed by atoms with Gasteiger partial charge in [0.1, 0.15) is 0 Å². The van der Waals surface area contributed by atoms with Gasteiger partial charge < -0.3 is 4.57 Å². The van der Waals surface area contributed by atoms with Gasteiger partial charge in [-0.05, 0) is 41.7 Å². The minimum atomic E-state index is 0.136. The summed E-state index contributed by atoms with van der Waals surface area (Å²) in [5, 5.41) is 1.19. The Morgan fingerprint density at radius 3 is 2.65 bits per heavy atom. The fraction of sp³-hybridized carbons (Fsp3) is 0.259. The summed E-state index contributed by atoms with van der Waals surface area (Å²) < 4.78 is 2.05. The van der Waals surface area contributed by atoms with Gasteiger partial charge in [0.15, 0.2) is 0 Å². The molecular formula is C27H25N3O. The van der Waals surface area contributed by atoms with Crippen molar-refractivity contribution in [1.29, 1.82) is 0 Å². The van der Waals surface area contributed by atoms with Gasteiger partial charge in [0.2, 0.25) is 0 Å². The number of para-hydroxylation sites is 1. The smallest absolute Gasteiger partial charge is 0.250 e. The van der Waals surface area contributed by atoms with Crippen molar-refractivity contribution < 1.29 is 0 Å². The van der Waals surface area contributed by atoms with Crippen LogP contribution in [0.25, 0.3) is 22.0 Å². The molecule has 1 fully saturated rings. The molecular weight excluding hydrogens is 382 g/mol. The van der Waals surface area contributed by atoms with Crippen LogP contribution in [0.1, 0.15) is 23.6 Å². The molecule has 0 spiro atoms. The SMILES string of the molecule is O=c1ccc(-c2ccccc2)c2n1CC1CC2CN(Cc2cnc3ccccc3c2)C1. The zero-order valence-electron chi connectivity index (χ0n) is 17.4. The molecule has 1 saturated heterocycles. The molecule has 31 heavy (non-hydrogen) atoms. The first kappa shape index (κ1) is 18.5. The van der Waals surface area contributed by atoms with E-state index in [2.05, 4.69) is 63.0 Å². The molecule has 2 unspecified atom stereocenters. The van der Waals surface area contributed by atoms with Crippen LogP contribution >= 0.6 is 0 Å². The van der Waals surface area contributed by atoms with E-state index in [9.17, 15) is 4.79 Å². The Kier molecular flexibility index (Phi) is 4.46. The van der Waals surface area contributed by atoms with E-state index in [1.165, 1.54) is 27.8 Å². The summed E-state index contributed by atoms with van der Waals surface area (Å²) in [5.74, 6) is 0.897. The Morgan fingerprint density at radius 2 is 1.74 bits per heavy atom. The second kappa shape index (κ2) is 7.47. The first-order valence-electron chi connectivity index (χ1n) is 11.1. The van der Waals surface area contributed by atoms with Gasteiger partial charge >= 0.3 is 0 Å².